The summed E-state index contributed by atoms with van der Waals surface area (Å²) in [7, 11) is 0. The SMILES string of the molecule is CCN(c1ccc(C)cc1)C(CN)C1CCOC1. The molecule has 0 spiro atoms. The number of likely N-dealkylation sites (N-methyl/N-ethyl adjacent to an activating group) is 1. The number of rotatable bonds is 5. The first-order valence-corrected chi connectivity index (χ1v) is 6.87. The molecule has 0 aromatic heterocycles. The third kappa shape index (κ3) is 2.85. The molecule has 1 fully saturated rings. The van der Waals surface area contributed by atoms with Crippen molar-refractivity contribution in [3.05, 3.63) is 29.8 Å². The Morgan fingerprint density at radius 1 is 1.39 bits per heavy atom. The molecule has 0 aliphatic carbocycles. The van der Waals surface area contributed by atoms with Crippen molar-refractivity contribution in [2.75, 3.05) is 31.2 Å². The van der Waals surface area contributed by atoms with Gasteiger partial charge in [-0.2, -0.15) is 0 Å². The highest BCUT2D eigenvalue weighted by atomic mass is 16.5. The zero-order valence-electron chi connectivity index (χ0n) is 11.4. The van der Waals surface area contributed by atoms with Crippen molar-refractivity contribution in [2.24, 2.45) is 11.7 Å². The van der Waals surface area contributed by atoms with Crippen molar-refractivity contribution >= 4 is 5.69 Å². The molecular formula is C15H24N2O. The van der Waals surface area contributed by atoms with E-state index in [0.29, 0.717) is 18.5 Å². The third-order valence-electron chi connectivity index (χ3n) is 3.86. The van der Waals surface area contributed by atoms with E-state index in [0.717, 1.165) is 26.2 Å². The minimum absolute atomic E-state index is 0.389. The Hall–Kier alpha value is -1.06. The van der Waals surface area contributed by atoms with Crippen LogP contribution in [0, 0.1) is 12.8 Å². The average Bonchev–Trinajstić information content (AvgIpc) is 2.91. The van der Waals surface area contributed by atoms with Crippen LogP contribution in [0.1, 0.15) is 18.9 Å². The zero-order valence-corrected chi connectivity index (χ0v) is 11.4. The summed E-state index contributed by atoms with van der Waals surface area (Å²) < 4.78 is 5.51. The maximum absolute atomic E-state index is 6.00. The van der Waals surface area contributed by atoms with Gasteiger partial charge < -0.3 is 15.4 Å². The number of aryl methyl sites for hydroxylation is 1. The molecule has 1 aromatic carbocycles. The molecule has 1 heterocycles. The van der Waals surface area contributed by atoms with Gasteiger partial charge in [0.25, 0.3) is 0 Å². The minimum Gasteiger partial charge on any atom is -0.381 e. The van der Waals surface area contributed by atoms with Gasteiger partial charge in [-0.15, -0.1) is 0 Å². The fourth-order valence-corrected chi connectivity index (χ4v) is 2.78. The largest absolute Gasteiger partial charge is 0.381 e. The molecule has 2 rings (SSSR count). The van der Waals surface area contributed by atoms with E-state index >= 15 is 0 Å². The topological polar surface area (TPSA) is 38.5 Å². The highest BCUT2D eigenvalue weighted by Gasteiger charge is 2.29. The molecule has 0 radical (unpaired) electrons. The molecule has 18 heavy (non-hydrogen) atoms. The molecule has 2 unspecified atom stereocenters. The summed E-state index contributed by atoms with van der Waals surface area (Å²) in [6.45, 7) is 7.72. The van der Waals surface area contributed by atoms with Crippen molar-refractivity contribution in [1.29, 1.82) is 0 Å². The van der Waals surface area contributed by atoms with Crippen LogP contribution in [0.5, 0.6) is 0 Å². The summed E-state index contributed by atoms with van der Waals surface area (Å²) in [6, 6.07) is 9.10. The third-order valence-corrected chi connectivity index (χ3v) is 3.86. The number of benzene rings is 1. The molecule has 1 saturated heterocycles. The molecular weight excluding hydrogens is 224 g/mol. The molecule has 0 saturated carbocycles. The van der Waals surface area contributed by atoms with E-state index in [1.807, 2.05) is 0 Å². The van der Waals surface area contributed by atoms with E-state index in [4.69, 9.17) is 10.5 Å². The summed E-state index contributed by atoms with van der Waals surface area (Å²) in [5.41, 5.74) is 8.56. The molecule has 3 heteroatoms. The molecule has 0 bridgehead atoms. The van der Waals surface area contributed by atoms with E-state index in [2.05, 4.69) is 43.0 Å². The normalized spacial score (nSPS) is 20.9. The molecule has 1 aromatic rings. The summed E-state index contributed by atoms with van der Waals surface area (Å²) in [5.74, 6) is 0.566. The Kier molecular flexibility index (Phi) is 4.61. The maximum atomic E-state index is 6.00. The number of anilines is 1. The average molecular weight is 248 g/mol. The molecule has 2 N–H and O–H groups in total. The highest BCUT2D eigenvalue weighted by Crippen LogP contribution is 2.25. The highest BCUT2D eigenvalue weighted by molar-refractivity contribution is 5.48. The van der Waals surface area contributed by atoms with Crippen LogP contribution in [0.4, 0.5) is 5.69 Å². The van der Waals surface area contributed by atoms with Crippen LogP contribution >= 0.6 is 0 Å². The molecule has 1 aliphatic heterocycles. The summed E-state index contributed by atoms with van der Waals surface area (Å²) in [6.07, 6.45) is 1.13. The lowest BCUT2D eigenvalue weighted by atomic mass is 9.96. The second-order valence-corrected chi connectivity index (χ2v) is 5.05. The van der Waals surface area contributed by atoms with Crippen molar-refractivity contribution in [3.63, 3.8) is 0 Å². The van der Waals surface area contributed by atoms with Gasteiger partial charge >= 0.3 is 0 Å². The Balaban J connectivity index is 2.17. The second kappa shape index (κ2) is 6.21. The fourth-order valence-electron chi connectivity index (χ4n) is 2.78. The van der Waals surface area contributed by atoms with Crippen LogP contribution in [-0.2, 0) is 4.74 Å². The molecule has 3 nitrogen and oxygen atoms in total. The number of hydrogen-bond donors (Lipinski definition) is 1. The standard InChI is InChI=1S/C15H24N2O/c1-3-17(14-6-4-12(2)5-7-14)15(10-16)13-8-9-18-11-13/h4-7,13,15H,3,8-11,16H2,1-2H3. The first-order chi connectivity index (χ1) is 8.76. The van der Waals surface area contributed by atoms with Gasteiger partial charge in [0.1, 0.15) is 0 Å². The molecule has 100 valence electrons. The van der Waals surface area contributed by atoms with Crippen molar-refractivity contribution in [2.45, 2.75) is 26.3 Å². The zero-order chi connectivity index (χ0) is 13.0. The van der Waals surface area contributed by atoms with Crippen molar-refractivity contribution in [3.8, 4) is 0 Å². The van der Waals surface area contributed by atoms with E-state index in [-0.39, 0.29) is 0 Å². The lowest BCUT2D eigenvalue weighted by Crippen LogP contribution is -2.46. The smallest absolute Gasteiger partial charge is 0.0515 e. The van der Waals surface area contributed by atoms with Crippen LogP contribution < -0.4 is 10.6 Å². The molecule has 0 amide bonds. The minimum atomic E-state index is 0.389. The Labute approximate surface area is 110 Å². The first-order valence-electron chi connectivity index (χ1n) is 6.87. The van der Waals surface area contributed by atoms with Crippen molar-refractivity contribution in [1.82, 2.24) is 0 Å². The van der Waals surface area contributed by atoms with E-state index < -0.39 is 0 Å². The lowest BCUT2D eigenvalue weighted by molar-refractivity contribution is 0.180. The van der Waals surface area contributed by atoms with Crippen LogP contribution in [0.3, 0.4) is 0 Å². The van der Waals surface area contributed by atoms with E-state index in [1.54, 1.807) is 0 Å². The maximum Gasteiger partial charge on any atom is 0.0515 e. The van der Waals surface area contributed by atoms with Crippen LogP contribution in [0.15, 0.2) is 24.3 Å². The van der Waals surface area contributed by atoms with E-state index in [1.165, 1.54) is 11.3 Å². The number of nitrogens with zero attached hydrogens (tertiary/aromatic N) is 1. The van der Waals surface area contributed by atoms with Gasteiger partial charge in [0.2, 0.25) is 0 Å². The van der Waals surface area contributed by atoms with Gasteiger partial charge in [0, 0.05) is 37.3 Å². The van der Waals surface area contributed by atoms with Gasteiger partial charge in [-0.3, -0.25) is 0 Å². The Morgan fingerprint density at radius 3 is 2.61 bits per heavy atom. The monoisotopic (exact) mass is 248 g/mol. The summed E-state index contributed by atoms with van der Waals surface area (Å²) >= 11 is 0. The first kappa shape index (κ1) is 13.4. The van der Waals surface area contributed by atoms with Gasteiger partial charge in [-0.1, -0.05) is 17.7 Å². The molecule has 2 atom stereocenters. The summed E-state index contributed by atoms with van der Waals surface area (Å²) in [4.78, 5) is 2.42. The number of ether oxygens (including phenoxy) is 1. The number of hydrogen-bond acceptors (Lipinski definition) is 3. The van der Waals surface area contributed by atoms with Gasteiger partial charge in [-0.25, -0.2) is 0 Å². The van der Waals surface area contributed by atoms with E-state index in [9.17, 15) is 0 Å². The fraction of sp³-hybridized carbons (Fsp3) is 0.600. The van der Waals surface area contributed by atoms with Gasteiger partial charge in [0.15, 0.2) is 0 Å². The number of nitrogens with two attached hydrogens (primary N) is 1. The Morgan fingerprint density at radius 2 is 2.11 bits per heavy atom. The summed E-state index contributed by atoms with van der Waals surface area (Å²) in [5, 5.41) is 0. The van der Waals surface area contributed by atoms with Crippen molar-refractivity contribution < 1.29 is 4.74 Å². The predicted octanol–water partition coefficient (Wildman–Crippen LogP) is 2.19. The lowest BCUT2D eigenvalue weighted by Gasteiger charge is -2.35. The van der Waals surface area contributed by atoms with Gasteiger partial charge in [-0.05, 0) is 32.4 Å². The van der Waals surface area contributed by atoms with Crippen LogP contribution in [0.2, 0.25) is 0 Å². The quantitative estimate of drug-likeness (QED) is 0.868. The van der Waals surface area contributed by atoms with Crippen LogP contribution in [-0.4, -0.2) is 32.3 Å². The second-order valence-electron chi connectivity index (χ2n) is 5.05. The predicted molar refractivity (Wildman–Crippen MR) is 76.0 cm³/mol. The molecule has 1 aliphatic rings. The van der Waals surface area contributed by atoms with Gasteiger partial charge in [0.05, 0.1) is 6.61 Å². The Bertz CT molecular complexity index is 357. The van der Waals surface area contributed by atoms with Crippen LogP contribution in [0.25, 0.3) is 0 Å².